The first kappa shape index (κ1) is 31.1. The Hall–Kier alpha value is -4.32. The molecule has 2 heterocycles. The Bertz CT molecular complexity index is 1870. The summed E-state index contributed by atoms with van der Waals surface area (Å²) in [6.07, 6.45) is 3.50. The summed E-state index contributed by atoms with van der Waals surface area (Å²) in [4.78, 5) is 18.8. The third-order valence-electron chi connectivity index (χ3n) is 8.87. The van der Waals surface area contributed by atoms with E-state index in [1.54, 1.807) is 4.57 Å². The van der Waals surface area contributed by atoms with Crippen LogP contribution in [-0.2, 0) is 17.3 Å². The standard InChI is InChI=1S/C36H41N5O2Si/c1-8-11-33-32(22-26-14-16-28(17-15-26)31-13-10-9-12-29(31)23-37)34(42)40(35-38-24-39-41(33)35)30-20-18-27(19-21-30)25(2)43-44(6,7)36(3,4)5/h9-10,12-21,24-25H,8,11,22H2,1-7H3. The first-order chi connectivity index (χ1) is 20.9. The van der Waals surface area contributed by atoms with Gasteiger partial charge in [0, 0.05) is 12.0 Å². The maximum absolute atomic E-state index is 14.3. The molecule has 5 aromatic rings. The van der Waals surface area contributed by atoms with Gasteiger partial charge in [0.25, 0.3) is 5.56 Å². The van der Waals surface area contributed by atoms with Gasteiger partial charge in [0.1, 0.15) is 6.33 Å². The number of hydrogen-bond donors (Lipinski definition) is 0. The van der Waals surface area contributed by atoms with Gasteiger partial charge in [-0.05, 0) is 71.9 Å². The minimum atomic E-state index is -1.94. The van der Waals surface area contributed by atoms with E-state index < -0.39 is 8.32 Å². The number of aryl methyl sites for hydroxylation is 1. The number of fused-ring (bicyclic) bond motifs is 1. The molecule has 1 unspecified atom stereocenters. The van der Waals surface area contributed by atoms with Crippen LogP contribution < -0.4 is 5.56 Å². The second-order valence-electron chi connectivity index (χ2n) is 12.9. The topological polar surface area (TPSA) is 85.2 Å². The normalized spacial score (nSPS) is 12.8. The van der Waals surface area contributed by atoms with Crippen LogP contribution in [0.2, 0.25) is 18.1 Å². The molecule has 0 radical (unpaired) electrons. The van der Waals surface area contributed by atoms with Crippen molar-refractivity contribution < 1.29 is 4.43 Å². The maximum atomic E-state index is 14.3. The van der Waals surface area contributed by atoms with Crippen molar-refractivity contribution in [3.8, 4) is 22.9 Å². The lowest BCUT2D eigenvalue weighted by molar-refractivity contribution is 0.203. The molecule has 0 spiro atoms. The van der Waals surface area contributed by atoms with E-state index in [0.29, 0.717) is 29.7 Å². The monoisotopic (exact) mass is 603 g/mol. The molecule has 0 saturated carbocycles. The highest BCUT2D eigenvalue weighted by Crippen LogP contribution is 2.39. The molecule has 0 N–H and O–H groups in total. The molecular weight excluding hydrogens is 563 g/mol. The van der Waals surface area contributed by atoms with Gasteiger partial charge >= 0.3 is 0 Å². The average Bonchev–Trinajstić information content (AvgIpc) is 3.48. The third kappa shape index (κ3) is 6.03. The summed E-state index contributed by atoms with van der Waals surface area (Å²) >= 11 is 0. The summed E-state index contributed by atoms with van der Waals surface area (Å²) in [6, 6.07) is 26.0. The highest BCUT2D eigenvalue weighted by Gasteiger charge is 2.38. The predicted molar refractivity (Wildman–Crippen MR) is 179 cm³/mol. The molecule has 0 bridgehead atoms. The Morgan fingerprint density at radius 3 is 2.32 bits per heavy atom. The zero-order chi connectivity index (χ0) is 31.6. The van der Waals surface area contributed by atoms with Crippen molar-refractivity contribution in [1.82, 2.24) is 19.2 Å². The average molecular weight is 604 g/mol. The van der Waals surface area contributed by atoms with Gasteiger partial charge < -0.3 is 4.43 Å². The Labute approximate surface area is 260 Å². The van der Waals surface area contributed by atoms with Crippen molar-refractivity contribution in [3.05, 3.63) is 117 Å². The lowest BCUT2D eigenvalue weighted by atomic mass is 9.97. The van der Waals surface area contributed by atoms with Gasteiger partial charge in [-0.25, -0.2) is 9.08 Å². The van der Waals surface area contributed by atoms with Gasteiger partial charge in [-0.1, -0.05) is 88.7 Å². The van der Waals surface area contributed by atoms with Gasteiger partial charge in [-0.3, -0.25) is 4.79 Å². The van der Waals surface area contributed by atoms with E-state index in [-0.39, 0.29) is 16.7 Å². The van der Waals surface area contributed by atoms with Gasteiger partial charge in [0.15, 0.2) is 8.32 Å². The molecule has 5 rings (SSSR count). The van der Waals surface area contributed by atoms with E-state index >= 15 is 0 Å². The van der Waals surface area contributed by atoms with E-state index in [1.807, 2.05) is 77.3 Å². The summed E-state index contributed by atoms with van der Waals surface area (Å²) in [7, 11) is -1.94. The number of nitriles is 1. The first-order valence-corrected chi connectivity index (χ1v) is 18.2. The van der Waals surface area contributed by atoms with Crippen molar-refractivity contribution in [2.75, 3.05) is 0 Å². The number of nitrogens with zero attached hydrogens (tertiary/aromatic N) is 5. The van der Waals surface area contributed by atoms with Crippen LogP contribution in [0.25, 0.3) is 22.6 Å². The largest absolute Gasteiger partial charge is 0.410 e. The second-order valence-corrected chi connectivity index (χ2v) is 17.7. The highest BCUT2D eigenvalue weighted by atomic mass is 28.4. The molecule has 0 aliphatic heterocycles. The minimum Gasteiger partial charge on any atom is -0.410 e. The molecule has 3 aromatic carbocycles. The van der Waals surface area contributed by atoms with Crippen molar-refractivity contribution in [2.24, 2.45) is 0 Å². The van der Waals surface area contributed by atoms with Crippen molar-refractivity contribution >= 4 is 14.1 Å². The predicted octanol–water partition coefficient (Wildman–Crippen LogP) is 8.04. The van der Waals surface area contributed by atoms with E-state index in [2.05, 4.69) is 63.9 Å². The summed E-state index contributed by atoms with van der Waals surface area (Å²) < 4.78 is 10.1. The van der Waals surface area contributed by atoms with Crippen LogP contribution in [0.3, 0.4) is 0 Å². The smallest absolute Gasteiger partial charge is 0.263 e. The van der Waals surface area contributed by atoms with Crippen LogP contribution in [0.4, 0.5) is 0 Å². The zero-order valence-corrected chi connectivity index (χ0v) is 27.8. The van der Waals surface area contributed by atoms with E-state index in [9.17, 15) is 10.1 Å². The lowest BCUT2D eigenvalue weighted by Gasteiger charge is -2.38. The number of benzene rings is 3. The summed E-state index contributed by atoms with van der Waals surface area (Å²) in [5.74, 6) is 0.504. The SMILES string of the molecule is CCCc1c(Cc2ccc(-c3ccccc3C#N)cc2)c(=O)n(-c2ccc(C(C)O[Si](C)(C)C(C)(C)C)cc2)c2ncnn12. The fraction of sp³-hybridized carbons (Fsp3) is 0.333. The summed E-state index contributed by atoms with van der Waals surface area (Å²) in [6.45, 7) is 15.5. The Kier molecular flexibility index (Phi) is 8.73. The lowest BCUT2D eigenvalue weighted by Crippen LogP contribution is -2.41. The van der Waals surface area contributed by atoms with Gasteiger partial charge in [0.2, 0.25) is 5.78 Å². The van der Waals surface area contributed by atoms with Crippen LogP contribution in [-0.4, -0.2) is 27.5 Å². The van der Waals surface area contributed by atoms with Crippen molar-refractivity contribution in [1.29, 1.82) is 5.26 Å². The first-order valence-electron chi connectivity index (χ1n) is 15.3. The molecule has 44 heavy (non-hydrogen) atoms. The van der Waals surface area contributed by atoms with Crippen LogP contribution in [0.15, 0.2) is 83.9 Å². The van der Waals surface area contributed by atoms with Crippen molar-refractivity contribution in [2.45, 2.75) is 78.1 Å². The fourth-order valence-corrected chi connectivity index (χ4v) is 6.75. The second kappa shape index (κ2) is 12.3. The number of rotatable bonds is 9. The fourth-order valence-electron chi connectivity index (χ4n) is 5.38. The third-order valence-corrected chi connectivity index (χ3v) is 13.4. The highest BCUT2D eigenvalue weighted by molar-refractivity contribution is 6.74. The van der Waals surface area contributed by atoms with Crippen LogP contribution in [0.5, 0.6) is 0 Å². The molecule has 1 atom stereocenters. The molecule has 8 heteroatoms. The molecular formula is C36H41N5O2Si. The Morgan fingerprint density at radius 1 is 1.00 bits per heavy atom. The van der Waals surface area contributed by atoms with Gasteiger partial charge in [-0.2, -0.15) is 15.3 Å². The number of hydrogen-bond acceptors (Lipinski definition) is 5. The molecule has 0 aliphatic rings. The van der Waals surface area contributed by atoms with Crippen molar-refractivity contribution in [3.63, 3.8) is 0 Å². The molecule has 226 valence electrons. The quantitative estimate of drug-likeness (QED) is 0.159. The van der Waals surface area contributed by atoms with Gasteiger partial charge in [0.05, 0.1) is 29.1 Å². The van der Waals surface area contributed by atoms with E-state index in [1.165, 1.54) is 6.33 Å². The van der Waals surface area contributed by atoms with Gasteiger partial charge in [-0.15, -0.1) is 0 Å². The Morgan fingerprint density at radius 2 is 1.68 bits per heavy atom. The minimum absolute atomic E-state index is 0.0552. The molecule has 0 saturated heterocycles. The molecule has 0 aliphatic carbocycles. The van der Waals surface area contributed by atoms with Crippen LogP contribution in [0.1, 0.15) is 75.1 Å². The van der Waals surface area contributed by atoms with E-state index in [0.717, 1.165) is 40.1 Å². The zero-order valence-electron chi connectivity index (χ0n) is 26.8. The summed E-state index contributed by atoms with van der Waals surface area (Å²) in [5.41, 5.74) is 6.82. The molecule has 2 aromatic heterocycles. The Balaban J connectivity index is 1.52. The number of aromatic nitrogens is 4. The maximum Gasteiger partial charge on any atom is 0.263 e. The molecule has 0 amide bonds. The summed E-state index contributed by atoms with van der Waals surface area (Å²) in [5, 5.41) is 14.2. The van der Waals surface area contributed by atoms with Crippen LogP contribution in [0, 0.1) is 11.3 Å². The van der Waals surface area contributed by atoms with E-state index in [4.69, 9.17) is 4.43 Å². The van der Waals surface area contributed by atoms with Crippen LogP contribution >= 0.6 is 0 Å². The molecule has 0 fully saturated rings. The molecule has 7 nitrogen and oxygen atoms in total.